The first-order chi connectivity index (χ1) is 13.5. The lowest BCUT2D eigenvalue weighted by Crippen LogP contribution is -3.14. The van der Waals surface area contributed by atoms with E-state index in [1.54, 1.807) is 63.5 Å². The Hall–Kier alpha value is -3.26. The average Bonchev–Trinajstić information content (AvgIpc) is 3.15. The molecule has 0 bridgehead atoms. The number of amides is 2. The highest BCUT2D eigenvalue weighted by molar-refractivity contribution is 5.95. The molecule has 2 atom stereocenters. The number of rotatable bonds is 7. The maximum atomic E-state index is 12.5. The Labute approximate surface area is 163 Å². The molecule has 0 aliphatic carbocycles. The lowest BCUT2D eigenvalue weighted by molar-refractivity contribution is -0.885. The number of carbonyl (C=O) groups is 2. The van der Waals surface area contributed by atoms with E-state index in [2.05, 4.69) is 10.6 Å². The predicted molar refractivity (Wildman–Crippen MR) is 104 cm³/mol. The maximum Gasteiger partial charge on any atom is 0.282 e. The highest BCUT2D eigenvalue weighted by Crippen LogP contribution is 2.34. The summed E-state index contributed by atoms with van der Waals surface area (Å²) >= 11 is 0. The molecule has 28 heavy (non-hydrogen) atoms. The van der Waals surface area contributed by atoms with Gasteiger partial charge in [0.2, 0.25) is 6.79 Å². The number of carbonyl (C=O) groups excluding carboxylic acids is 2. The van der Waals surface area contributed by atoms with Crippen molar-refractivity contribution >= 4 is 23.2 Å². The molecule has 1 unspecified atom stereocenters. The van der Waals surface area contributed by atoms with Crippen LogP contribution in [0.5, 0.6) is 17.2 Å². The minimum absolute atomic E-state index is 0.155. The average molecular weight is 386 g/mol. The normalized spacial score (nSPS) is 14.1. The Kier molecular flexibility index (Phi) is 6.00. The van der Waals surface area contributed by atoms with Gasteiger partial charge in [-0.05, 0) is 43.3 Å². The number of likely N-dealkylation sites (N-methyl/N-ethyl adjacent to an activating group) is 1. The predicted octanol–water partition coefficient (Wildman–Crippen LogP) is 0.904. The Morgan fingerprint density at radius 2 is 1.75 bits per heavy atom. The molecule has 1 aliphatic rings. The minimum Gasteiger partial charge on any atom is -0.497 e. The first-order valence-electron chi connectivity index (χ1n) is 8.93. The van der Waals surface area contributed by atoms with Crippen molar-refractivity contribution in [2.45, 2.75) is 13.0 Å². The fourth-order valence-corrected chi connectivity index (χ4v) is 2.73. The zero-order chi connectivity index (χ0) is 20.1. The summed E-state index contributed by atoms with van der Waals surface area (Å²) in [6.45, 7) is 2.11. The van der Waals surface area contributed by atoms with E-state index in [9.17, 15) is 9.59 Å². The maximum absolute atomic E-state index is 12.5. The number of hydrogen-bond acceptors (Lipinski definition) is 5. The van der Waals surface area contributed by atoms with Crippen LogP contribution in [0.25, 0.3) is 0 Å². The Balaban J connectivity index is 1.51. The third-order valence-electron chi connectivity index (χ3n) is 4.59. The Morgan fingerprint density at radius 1 is 1.07 bits per heavy atom. The number of hydrogen-bond donors (Lipinski definition) is 3. The molecule has 2 aromatic carbocycles. The summed E-state index contributed by atoms with van der Waals surface area (Å²) < 4.78 is 15.7. The van der Waals surface area contributed by atoms with Crippen molar-refractivity contribution in [1.29, 1.82) is 0 Å². The lowest BCUT2D eigenvalue weighted by atomic mass is 10.2. The smallest absolute Gasteiger partial charge is 0.282 e. The van der Waals surface area contributed by atoms with Crippen LogP contribution in [0.1, 0.15) is 6.92 Å². The van der Waals surface area contributed by atoms with Gasteiger partial charge in [-0.3, -0.25) is 9.59 Å². The molecule has 1 aliphatic heterocycles. The van der Waals surface area contributed by atoms with Crippen molar-refractivity contribution in [3.63, 3.8) is 0 Å². The van der Waals surface area contributed by atoms with E-state index in [0.717, 1.165) is 10.6 Å². The van der Waals surface area contributed by atoms with Gasteiger partial charge in [0, 0.05) is 17.4 Å². The third kappa shape index (κ3) is 4.72. The third-order valence-corrected chi connectivity index (χ3v) is 4.59. The van der Waals surface area contributed by atoms with Crippen molar-refractivity contribution in [3.05, 3.63) is 42.5 Å². The monoisotopic (exact) mass is 386 g/mol. The summed E-state index contributed by atoms with van der Waals surface area (Å²) in [5.41, 5.74) is 1.30. The summed E-state index contributed by atoms with van der Waals surface area (Å²) in [5, 5.41) is 5.67. The Bertz CT molecular complexity index is 853. The lowest BCUT2D eigenvalue weighted by Gasteiger charge is -2.20. The van der Waals surface area contributed by atoms with Crippen molar-refractivity contribution in [2.75, 3.05) is 38.1 Å². The molecule has 0 spiro atoms. The van der Waals surface area contributed by atoms with Gasteiger partial charge in [-0.2, -0.15) is 0 Å². The van der Waals surface area contributed by atoms with Gasteiger partial charge in [0.15, 0.2) is 24.1 Å². The van der Waals surface area contributed by atoms with Gasteiger partial charge in [-0.25, -0.2) is 0 Å². The molecule has 0 saturated carbocycles. The zero-order valence-electron chi connectivity index (χ0n) is 16.1. The van der Waals surface area contributed by atoms with Crippen LogP contribution in [0.4, 0.5) is 11.4 Å². The molecular formula is C20H24N3O5+. The number of ether oxygens (including phenoxy) is 3. The van der Waals surface area contributed by atoms with Crippen LogP contribution in [0.15, 0.2) is 42.5 Å². The van der Waals surface area contributed by atoms with Gasteiger partial charge in [0.1, 0.15) is 5.75 Å². The van der Waals surface area contributed by atoms with Gasteiger partial charge in [-0.15, -0.1) is 0 Å². The number of anilines is 2. The number of benzene rings is 2. The molecule has 8 nitrogen and oxygen atoms in total. The van der Waals surface area contributed by atoms with Crippen LogP contribution < -0.4 is 29.7 Å². The first-order valence-corrected chi connectivity index (χ1v) is 8.93. The number of nitrogens with one attached hydrogen (secondary N) is 3. The van der Waals surface area contributed by atoms with E-state index in [1.807, 2.05) is 0 Å². The number of quaternary nitrogens is 1. The fourth-order valence-electron chi connectivity index (χ4n) is 2.73. The van der Waals surface area contributed by atoms with E-state index in [0.29, 0.717) is 22.9 Å². The first kappa shape index (κ1) is 19.5. The van der Waals surface area contributed by atoms with Crippen molar-refractivity contribution < 1.29 is 28.7 Å². The second-order valence-electron chi connectivity index (χ2n) is 6.58. The molecule has 2 aromatic rings. The van der Waals surface area contributed by atoms with E-state index < -0.39 is 6.04 Å². The molecule has 0 aromatic heterocycles. The Morgan fingerprint density at radius 3 is 2.46 bits per heavy atom. The molecule has 0 radical (unpaired) electrons. The van der Waals surface area contributed by atoms with Gasteiger partial charge in [0.25, 0.3) is 11.8 Å². The summed E-state index contributed by atoms with van der Waals surface area (Å²) in [6, 6.07) is 11.9. The van der Waals surface area contributed by atoms with Crippen LogP contribution in [0.3, 0.4) is 0 Å². The minimum atomic E-state index is -0.424. The molecule has 148 valence electrons. The van der Waals surface area contributed by atoms with Crippen molar-refractivity contribution in [1.82, 2.24) is 0 Å². The zero-order valence-corrected chi connectivity index (χ0v) is 16.1. The largest absolute Gasteiger partial charge is 0.497 e. The highest BCUT2D eigenvalue weighted by atomic mass is 16.7. The van der Waals surface area contributed by atoms with Gasteiger partial charge >= 0.3 is 0 Å². The summed E-state index contributed by atoms with van der Waals surface area (Å²) in [6.07, 6.45) is 0. The summed E-state index contributed by atoms with van der Waals surface area (Å²) in [5.74, 6) is 1.61. The SMILES string of the molecule is COc1ccc(NC(=O)C[NH+](C)[C@H](C)C(=O)Nc2ccc3c(c2)OCO3)cc1. The fraction of sp³-hybridized carbons (Fsp3) is 0.300. The quantitative estimate of drug-likeness (QED) is 0.658. The summed E-state index contributed by atoms with van der Waals surface area (Å²) in [4.78, 5) is 25.5. The number of methoxy groups -OCH3 is 1. The van der Waals surface area contributed by atoms with Gasteiger partial charge < -0.3 is 29.7 Å². The topological polar surface area (TPSA) is 90.3 Å². The molecule has 0 fully saturated rings. The van der Waals surface area contributed by atoms with Crippen molar-refractivity contribution in [2.24, 2.45) is 0 Å². The molecule has 0 saturated heterocycles. The van der Waals surface area contributed by atoms with Crippen LogP contribution in [0.2, 0.25) is 0 Å². The van der Waals surface area contributed by atoms with Gasteiger partial charge in [0.05, 0.1) is 14.2 Å². The molecule has 1 heterocycles. The second kappa shape index (κ2) is 8.62. The standard InChI is InChI=1S/C20H23N3O5/c1-13(20(25)22-15-6-9-17-18(10-15)28-12-27-17)23(2)11-19(24)21-14-4-7-16(26-3)8-5-14/h4-10,13H,11-12H2,1-3H3,(H,21,24)(H,22,25)/p+1/t13-/m1/s1. The second-order valence-corrected chi connectivity index (χ2v) is 6.58. The molecule has 3 N–H and O–H groups in total. The molecular weight excluding hydrogens is 362 g/mol. The number of fused-ring (bicyclic) bond motifs is 1. The van der Waals surface area contributed by atoms with Crippen molar-refractivity contribution in [3.8, 4) is 17.2 Å². The van der Waals surface area contributed by atoms with Crippen LogP contribution >= 0.6 is 0 Å². The molecule has 8 heteroatoms. The molecule has 2 amide bonds. The van der Waals surface area contributed by atoms with E-state index in [4.69, 9.17) is 14.2 Å². The summed E-state index contributed by atoms with van der Waals surface area (Å²) in [7, 11) is 3.39. The molecule has 3 rings (SSSR count). The van der Waals surface area contributed by atoms with Crippen LogP contribution in [-0.4, -0.2) is 45.4 Å². The van der Waals surface area contributed by atoms with Crippen LogP contribution in [0, 0.1) is 0 Å². The van der Waals surface area contributed by atoms with E-state index in [-0.39, 0.29) is 25.2 Å². The van der Waals surface area contributed by atoms with E-state index >= 15 is 0 Å². The van der Waals surface area contributed by atoms with Gasteiger partial charge in [-0.1, -0.05) is 0 Å². The highest BCUT2D eigenvalue weighted by Gasteiger charge is 2.24. The van der Waals surface area contributed by atoms with Crippen LogP contribution in [-0.2, 0) is 9.59 Å². The van der Waals surface area contributed by atoms with E-state index in [1.165, 1.54) is 0 Å².